The lowest BCUT2D eigenvalue weighted by atomic mass is 10.1. The molecule has 2 aromatic rings. The minimum absolute atomic E-state index is 0.0586. The van der Waals surface area contributed by atoms with Gasteiger partial charge in [0.05, 0.1) is 16.0 Å². The lowest BCUT2D eigenvalue weighted by Gasteiger charge is -2.10. The number of hydrogen-bond acceptors (Lipinski definition) is 5. The first kappa shape index (κ1) is 17.4. The zero-order valence-corrected chi connectivity index (χ0v) is 15.5. The van der Waals surface area contributed by atoms with Crippen molar-refractivity contribution in [3.05, 3.63) is 18.2 Å². The van der Waals surface area contributed by atoms with E-state index < -0.39 is 9.84 Å². The summed E-state index contributed by atoms with van der Waals surface area (Å²) in [7, 11) is -3.35. The van der Waals surface area contributed by atoms with Crippen molar-refractivity contribution in [2.45, 2.75) is 43.9 Å². The fraction of sp³-hybridized carbons (Fsp3) is 0.529. The van der Waals surface area contributed by atoms with Crippen molar-refractivity contribution >= 4 is 43.0 Å². The van der Waals surface area contributed by atoms with Crippen LogP contribution in [0.3, 0.4) is 0 Å². The Balaban J connectivity index is 1.82. The molecule has 1 amide bonds. The number of rotatable bonds is 5. The highest BCUT2D eigenvalue weighted by molar-refractivity contribution is 7.93. The van der Waals surface area contributed by atoms with Gasteiger partial charge >= 0.3 is 0 Å². The van der Waals surface area contributed by atoms with Crippen LogP contribution >= 0.6 is 11.3 Å². The van der Waals surface area contributed by atoms with Gasteiger partial charge in [0.25, 0.3) is 0 Å². The molecule has 130 valence electrons. The Bertz CT molecular complexity index is 850. The fourth-order valence-corrected chi connectivity index (χ4v) is 6.03. The van der Waals surface area contributed by atoms with E-state index in [1.807, 2.05) is 19.9 Å². The van der Waals surface area contributed by atoms with Crippen molar-refractivity contribution in [3.63, 3.8) is 0 Å². The summed E-state index contributed by atoms with van der Waals surface area (Å²) >= 11 is 1.17. The van der Waals surface area contributed by atoms with Gasteiger partial charge in [0, 0.05) is 11.6 Å². The molecule has 0 unspecified atom stereocenters. The molecule has 1 aromatic carbocycles. The van der Waals surface area contributed by atoms with Crippen molar-refractivity contribution in [2.24, 2.45) is 11.8 Å². The third-order valence-corrected chi connectivity index (χ3v) is 7.73. The third kappa shape index (κ3) is 3.78. The molecule has 1 fully saturated rings. The molecule has 0 spiro atoms. The highest BCUT2D eigenvalue weighted by Crippen LogP contribution is 2.30. The maximum atomic E-state index is 12.3. The Hall–Kier alpha value is -1.47. The van der Waals surface area contributed by atoms with Gasteiger partial charge in [-0.1, -0.05) is 26.7 Å². The molecule has 0 bridgehead atoms. The second kappa shape index (κ2) is 6.80. The zero-order chi connectivity index (χ0) is 17.3. The number of hydrogen-bond donors (Lipinski definition) is 1. The maximum Gasteiger partial charge on any atom is 0.227 e. The number of carbonyl (C=O) groups excluding carboxylic acids is 1. The molecule has 7 heteroatoms. The first-order chi connectivity index (χ1) is 11.3. The van der Waals surface area contributed by atoms with Crippen LogP contribution in [-0.4, -0.2) is 25.1 Å². The van der Waals surface area contributed by atoms with Crippen LogP contribution in [0.1, 0.15) is 39.5 Å². The van der Waals surface area contributed by atoms with Gasteiger partial charge in [0.2, 0.25) is 20.1 Å². The highest BCUT2D eigenvalue weighted by Gasteiger charge is 2.23. The van der Waals surface area contributed by atoms with Gasteiger partial charge in [-0.05, 0) is 37.0 Å². The molecule has 1 aliphatic carbocycles. The number of nitrogens with one attached hydrogen (secondary N) is 1. The molecule has 1 saturated carbocycles. The standard InChI is InChI=1S/C17H22N2O3S2/c1-11(2)10-24(21,22)17-19-14-8-7-13(9-15(14)23-17)18-16(20)12-5-3-4-6-12/h7-9,11-12H,3-6,10H2,1-2H3,(H,18,20). The van der Waals surface area contributed by atoms with E-state index in [1.165, 1.54) is 11.3 Å². The Morgan fingerprint density at radius 2 is 2.04 bits per heavy atom. The number of aromatic nitrogens is 1. The number of carbonyl (C=O) groups is 1. The third-order valence-electron chi connectivity index (χ3n) is 4.18. The Labute approximate surface area is 146 Å². The van der Waals surface area contributed by atoms with Gasteiger partial charge in [0.1, 0.15) is 0 Å². The predicted octanol–water partition coefficient (Wildman–Crippen LogP) is 3.85. The first-order valence-electron chi connectivity index (χ1n) is 8.29. The summed E-state index contributed by atoms with van der Waals surface area (Å²) in [5.41, 5.74) is 1.36. The summed E-state index contributed by atoms with van der Waals surface area (Å²) in [6.07, 6.45) is 4.13. The summed E-state index contributed by atoms with van der Waals surface area (Å²) in [5, 5.41) is 2.95. The van der Waals surface area contributed by atoms with Crippen LogP contribution in [-0.2, 0) is 14.6 Å². The molecule has 0 atom stereocenters. The molecule has 0 saturated heterocycles. The summed E-state index contributed by atoms with van der Waals surface area (Å²) in [6.45, 7) is 3.75. The Kier molecular flexibility index (Phi) is 4.92. The Morgan fingerprint density at radius 1 is 1.33 bits per heavy atom. The number of thiazole rings is 1. The number of nitrogens with zero attached hydrogens (tertiary/aromatic N) is 1. The van der Waals surface area contributed by atoms with Crippen molar-refractivity contribution in [2.75, 3.05) is 11.1 Å². The van der Waals surface area contributed by atoms with E-state index in [4.69, 9.17) is 0 Å². The van der Waals surface area contributed by atoms with E-state index in [0.717, 1.165) is 30.4 Å². The van der Waals surface area contributed by atoms with Crippen LogP contribution in [0.5, 0.6) is 0 Å². The average molecular weight is 367 g/mol. The number of sulfone groups is 1. The second-order valence-electron chi connectivity index (χ2n) is 6.81. The number of anilines is 1. The van der Waals surface area contributed by atoms with E-state index in [1.54, 1.807) is 12.1 Å². The second-order valence-corrected chi connectivity index (χ2v) is 10.0. The fourth-order valence-electron chi connectivity index (χ4n) is 3.06. The molecule has 1 aliphatic rings. The van der Waals surface area contributed by atoms with E-state index in [9.17, 15) is 13.2 Å². The van der Waals surface area contributed by atoms with Crippen LogP contribution in [0.25, 0.3) is 10.2 Å². The molecule has 3 rings (SSSR count). The molecular weight excluding hydrogens is 344 g/mol. The quantitative estimate of drug-likeness (QED) is 0.872. The van der Waals surface area contributed by atoms with E-state index in [0.29, 0.717) is 11.2 Å². The molecule has 1 heterocycles. The van der Waals surface area contributed by atoms with Crippen molar-refractivity contribution in [1.29, 1.82) is 0 Å². The Morgan fingerprint density at radius 3 is 2.71 bits per heavy atom. The maximum absolute atomic E-state index is 12.3. The van der Waals surface area contributed by atoms with E-state index >= 15 is 0 Å². The van der Waals surface area contributed by atoms with E-state index in [-0.39, 0.29) is 27.8 Å². The van der Waals surface area contributed by atoms with Crippen LogP contribution in [0.4, 0.5) is 5.69 Å². The summed E-state index contributed by atoms with van der Waals surface area (Å²) in [6, 6.07) is 5.37. The van der Waals surface area contributed by atoms with Crippen molar-refractivity contribution < 1.29 is 13.2 Å². The smallest absolute Gasteiger partial charge is 0.227 e. The summed E-state index contributed by atoms with van der Waals surface area (Å²) in [5.74, 6) is 0.314. The predicted molar refractivity (Wildman–Crippen MR) is 97.1 cm³/mol. The summed E-state index contributed by atoms with van der Waals surface area (Å²) < 4.78 is 25.6. The van der Waals surface area contributed by atoms with E-state index in [2.05, 4.69) is 10.3 Å². The van der Waals surface area contributed by atoms with Crippen LogP contribution in [0.2, 0.25) is 0 Å². The number of benzene rings is 1. The number of amides is 1. The monoisotopic (exact) mass is 366 g/mol. The lowest BCUT2D eigenvalue weighted by Crippen LogP contribution is -2.20. The molecule has 1 aromatic heterocycles. The van der Waals surface area contributed by atoms with Crippen molar-refractivity contribution in [1.82, 2.24) is 4.98 Å². The van der Waals surface area contributed by atoms with Gasteiger partial charge in [-0.15, -0.1) is 11.3 Å². The topological polar surface area (TPSA) is 76.1 Å². The highest BCUT2D eigenvalue weighted by atomic mass is 32.2. The molecule has 0 aliphatic heterocycles. The summed E-state index contributed by atoms with van der Waals surface area (Å²) in [4.78, 5) is 16.5. The zero-order valence-electron chi connectivity index (χ0n) is 13.9. The van der Waals surface area contributed by atoms with Crippen molar-refractivity contribution in [3.8, 4) is 0 Å². The van der Waals surface area contributed by atoms with Crippen LogP contribution in [0, 0.1) is 11.8 Å². The molecule has 24 heavy (non-hydrogen) atoms. The SMILES string of the molecule is CC(C)CS(=O)(=O)c1nc2ccc(NC(=O)C3CCCC3)cc2s1. The molecule has 5 nitrogen and oxygen atoms in total. The largest absolute Gasteiger partial charge is 0.326 e. The van der Waals surface area contributed by atoms with Crippen LogP contribution < -0.4 is 5.32 Å². The van der Waals surface area contributed by atoms with Gasteiger partial charge in [-0.25, -0.2) is 13.4 Å². The molecule has 0 radical (unpaired) electrons. The molecular formula is C17H22N2O3S2. The average Bonchev–Trinajstić information content (AvgIpc) is 3.15. The van der Waals surface area contributed by atoms with Gasteiger partial charge in [-0.3, -0.25) is 4.79 Å². The number of fused-ring (bicyclic) bond motifs is 1. The van der Waals surface area contributed by atoms with Gasteiger partial charge < -0.3 is 5.32 Å². The minimum atomic E-state index is -3.35. The van der Waals surface area contributed by atoms with Crippen LogP contribution in [0.15, 0.2) is 22.5 Å². The minimum Gasteiger partial charge on any atom is -0.326 e. The van der Waals surface area contributed by atoms with Gasteiger partial charge in [-0.2, -0.15) is 0 Å². The molecule has 1 N–H and O–H groups in total. The first-order valence-corrected chi connectivity index (χ1v) is 10.8. The van der Waals surface area contributed by atoms with Gasteiger partial charge in [0.15, 0.2) is 0 Å². The lowest BCUT2D eigenvalue weighted by molar-refractivity contribution is -0.119. The normalized spacial score (nSPS) is 16.1.